The number of nitro benzene ring substituents is 1. The fourth-order valence-electron chi connectivity index (χ4n) is 2.34. The Labute approximate surface area is 121 Å². The molecule has 1 fully saturated rings. The van der Waals surface area contributed by atoms with Gasteiger partial charge in [-0.25, -0.2) is 4.39 Å². The Hall–Kier alpha value is -2.02. The molecule has 0 unspecified atom stereocenters. The molecule has 1 N–H and O–H groups in total. The summed E-state index contributed by atoms with van der Waals surface area (Å²) >= 11 is 0. The predicted molar refractivity (Wildman–Crippen MR) is 73.7 cm³/mol. The van der Waals surface area contributed by atoms with Crippen LogP contribution >= 0.6 is 0 Å². The van der Waals surface area contributed by atoms with E-state index in [4.69, 9.17) is 4.74 Å². The number of non-ortho nitro benzene ring substituents is 1. The highest BCUT2D eigenvalue weighted by Gasteiger charge is 2.32. The summed E-state index contributed by atoms with van der Waals surface area (Å²) in [7, 11) is 0. The van der Waals surface area contributed by atoms with Crippen molar-refractivity contribution in [2.24, 2.45) is 0 Å². The van der Waals surface area contributed by atoms with Crippen LogP contribution in [0.4, 0.5) is 10.1 Å². The zero-order valence-corrected chi connectivity index (χ0v) is 11.9. The summed E-state index contributed by atoms with van der Waals surface area (Å²) < 4.78 is 19.3. The van der Waals surface area contributed by atoms with E-state index in [0.29, 0.717) is 19.4 Å². The van der Waals surface area contributed by atoms with Gasteiger partial charge < -0.3 is 10.1 Å². The van der Waals surface area contributed by atoms with Crippen molar-refractivity contribution in [2.75, 3.05) is 6.61 Å². The van der Waals surface area contributed by atoms with E-state index in [1.165, 1.54) is 6.92 Å². The molecule has 0 spiro atoms. The number of nitro groups is 1. The number of benzene rings is 1. The van der Waals surface area contributed by atoms with Gasteiger partial charge in [-0.15, -0.1) is 0 Å². The van der Waals surface area contributed by atoms with Gasteiger partial charge in [0.15, 0.2) is 0 Å². The summed E-state index contributed by atoms with van der Waals surface area (Å²) in [5.41, 5.74) is -0.503. The van der Waals surface area contributed by atoms with Gasteiger partial charge in [0.05, 0.1) is 16.6 Å². The third kappa shape index (κ3) is 3.36. The highest BCUT2D eigenvalue weighted by molar-refractivity contribution is 5.95. The van der Waals surface area contributed by atoms with E-state index in [1.807, 2.05) is 6.92 Å². The van der Waals surface area contributed by atoms with Gasteiger partial charge in [-0.1, -0.05) is 0 Å². The molecule has 1 aromatic carbocycles. The number of carbonyl (C=O) groups excluding carboxylic acids is 1. The van der Waals surface area contributed by atoms with E-state index < -0.39 is 16.6 Å². The molecule has 1 amide bonds. The molecule has 1 aromatic rings. The van der Waals surface area contributed by atoms with Crippen molar-refractivity contribution >= 4 is 11.6 Å². The number of nitrogens with one attached hydrogen (secondary N) is 1. The molecule has 6 nitrogen and oxygen atoms in total. The minimum atomic E-state index is -0.723. The van der Waals surface area contributed by atoms with Crippen LogP contribution in [0.3, 0.4) is 0 Å². The van der Waals surface area contributed by atoms with E-state index in [9.17, 15) is 19.3 Å². The van der Waals surface area contributed by atoms with Crippen LogP contribution in [0.15, 0.2) is 12.1 Å². The number of amides is 1. The van der Waals surface area contributed by atoms with E-state index in [0.717, 1.165) is 12.1 Å². The van der Waals surface area contributed by atoms with Crippen molar-refractivity contribution in [3.05, 3.63) is 39.2 Å². The Bertz CT molecular complexity index is 570. The van der Waals surface area contributed by atoms with Crippen LogP contribution in [-0.4, -0.2) is 29.6 Å². The van der Waals surface area contributed by atoms with Gasteiger partial charge in [0.1, 0.15) is 5.82 Å². The standard InChI is InChI=1S/C14H17FN2O4/c1-3-21-11-5-9(6-11)16-14(18)12-7-10(17(19)20)4-8(2)13(12)15/h4,7,9,11H,3,5-6H2,1-2H3,(H,16,18). The Balaban J connectivity index is 2.07. The monoisotopic (exact) mass is 296 g/mol. The molecule has 1 aliphatic carbocycles. The van der Waals surface area contributed by atoms with Gasteiger partial charge in [-0.05, 0) is 32.3 Å². The Morgan fingerprint density at radius 2 is 2.19 bits per heavy atom. The largest absolute Gasteiger partial charge is 0.378 e. The molecule has 0 heterocycles. The first-order valence-corrected chi connectivity index (χ1v) is 6.79. The maximum atomic E-state index is 14.0. The van der Waals surface area contributed by atoms with Crippen molar-refractivity contribution in [3.63, 3.8) is 0 Å². The molecule has 21 heavy (non-hydrogen) atoms. The van der Waals surface area contributed by atoms with Crippen molar-refractivity contribution in [1.82, 2.24) is 5.32 Å². The van der Waals surface area contributed by atoms with Crippen LogP contribution in [0, 0.1) is 22.9 Å². The molecule has 0 aliphatic heterocycles. The zero-order chi connectivity index (χ0) is 15.6. The highest BCUT2D eigenvalue weighted by Crippen LogP contribution is 2.25. The van der Waals surface area contributed by atoms with Gasteiger partial charge >= 0.3 is 0 Å². The summed E-state index contributed by atoms with van der Waals surface area (Å²) in [5, 5.41) is 13.5. The second-order valence-corrected chi connectivity index (χ2v) is 5.10. The number of nitrogens with zero attached hydrogens (tertiary/aromatic N) is 1. The highest BCUT2D eigenvalue weighted by atomic mass is 19.1. The molecule has 0 aromatic heterocycles. The molecule has 1 aliphatic rings. The number of hydrogen-bond acceptors (Lipinski definition) is 4. The van der Waals surface area contributed by atoms with Crippen LogP contribution in [0.2, 0.25) is 0 Å². The molecule has 2 rings (SSSR count). The first kappa shape index (κ1) is 15.4. The van der Waals surface area contributed by atoms with Gasteiger partial charge in [-0.3, -0.25) is 14.9 Å². The molecule has 0 atom stereocenters. The molecule has 1 saturated carbocycles. The van der Waals surface area contributed by atoms with Crippen molar-refractivity contribution in [3.8, 4) is 0 Å². The minimum Gasteiger partial charge on any atom is -0.378 e. The third-order valence-corrected chi connectivity index (χ3v) is 3.53. The fraction of sp³-hybridized carbons (Fsp3) is 0.500. The molecule has 0 saturated heterocycles. The Morgan fingerprint density at radius 3 is 2.76 bits per heavy atom. The molecular weight excluding hydrogens is 279 g/mol. The lowest BCUT2D eigenvalue weighted by Crippen LogP contribution is -2.48. The van der Waals surface area contributed by atoms with E-state index in [1.54, 1.807) is 0 Å². The lowest BCUT2D eigenvalue weighted by molar-refractivity contribution is -0.385. The summed E-state index contributed by atoms with van der Waals surface area (Å²) in [6.45, 7) is 3.91. The van der Waals surface area contributed by atoms with E-state index >= 15 is 0 Å². The van der Waals surface area contributed by atoms with Crippen LogP contribution in [-0.2, 0) is 4.74 Å². The minimum absolute atomic E-state index is 0.0759. The van der Waals surface area contributed by atoms with Gasteiger partial charge in [-0.2, -0.15) is 0 Å². The average Bonchev–Trinajstić information content (AvgIpc) is 2.38. The lowest BCUT2D eigenvalue weighted by atomic mass is 9.89. The number of aryl methyl sites for hydroxylation is 1. The zero-order valence-electron chi connectivity index (χ0n) is 11.9. The lowest BCUT2D eigenvalue weighted by Gasteiger charge is -2.35. The molecule has 7 heteroatoms. The number of hydrogen-bond donors (Lipinski definition) is 1. The molecular formula is C14H17FN2O4. The summed E-state index contributed by atoms with van der Waals surface area (Å²) in [5.74, 6) is -1.35. The smallest absolute Gasteiger partial charge is 0.270 e. The number of halogens is 1. The first-order chi connectivity index (χ1) is 9.92. The first-order valence-electron chi connectivity index (χ1n) is 6.79. The maximum Gasteiger partial charge on any atom is 0.270 e. The van der Waals surface area contributed by atoms with E-state index in [-0.39, 0.29) is 29.0 Å². The van der Waals surface area contributed by atoms with Crippen LogP contribution in [0.25, 0.3) is 0 Å². The average molecular weight is 296 g/mol. The van der Waals surface area contributed by atoms with Crippen molar-refractivity contribution in [1.29, 1.82) is 0 Å². The summed E-state index contributed by atoms with van der Waals surface area (Å²) in [6, 6.07) is 2.00. The van der Waals surface area contributed by atoms with Gasteiger partial charge in [0, 0.05) is 24.8 Å². The second-order valence-electron chi connectivity index (χ2n) is 5.10. The molecule has 114 valence electrons. The van der Waals surface area contributed by atoms with Gasteiger partial charge in [0.25, 0.3) is 11.6 Å². The topological polar surface area (TPSA) is 81.5 Å². The van der Waals surface area contributed by atoms with Gasteiger partial charge in [0.2, 0.25) is 0 Å². The van der Waals surface area contributed by atoms with Crippen molar-refractivity contribution < 1.29 is 18.8 Å². The summed E-state index contributed by atoms with van der Waals surface area (Å²) in [6.07, 6.45) is 1.47. The second kappa shape index (κ2) is 6.17. The van der Waals surface area contributed by atoms with Crippen molar-refractivity contribution in [2.45, 2.75) is 38.8 Å². The fourth-order valence-corrected chi connectivity index (χ4v) is 2.34. The van der Waals surface area contributed by atoms with Crippen LogP contribution < -0.4 is 5.32 Å². The molecule has 0 radical (unpaired) electrons. The van der Waals surface area contributed by atoms with Crippen LogP contribution in [0.5, 0.6) is 0 Å². The summed E-state index contributed by atoms with van der Waals surface area (Å²) in [4.78, 5) is 22.2. The quantitative estimate of drug-likeness (QED) is 0.668. The number of carbonyl (C=O) groups is 1. The Morgan fingerprint density at radius 1 is 1.52 bits per heavy atom. The number of ether oxygens (including phenoxy) is 1. The predicted octanol–water partition coefficient (Wildman–Crippen LogP) is 2.34. The molecule has 0 bridgehead atoms. The van der Waals surface area contributed by atoms with E-state index in [2.05, 4.69) is 5.32 Å². The normalized spacial score (nSPS) is 20.7. The maximum absolute atomic E-state index is 14.0. The van der Waals surface area contributed by atoms with Crippen LogP contribution in [0.1, 0.15) is 35.7 Å². The Kier molecular flexibility index (Phi) is 4.52. The SMILES string of the molecule is CCOC1CC(NC(=O)c2cc([N+](=O)[O-])cc(C)c2F)C1. The third-order valence-electron chi connectivity index (χ3n) is 3.53. The number of rotatable bonds is 5.